The molecule has 7 heteroatoms. The van der Waals surface area contributed by atoms with Gasteiger partial charge in [0.15, 0.2) is 0 Å². The number of thiazole rings is 1. The number of hydrogen-bond acceptors (Lipinski definition) is 6. The van der Waals surface area contributed by atoms with Gasteiger partial charge in [-0.1, -0.05) is 6.92 Å². The smallest absolute Gasteiger partial charge is 0.316 e. The van der Waals surface area contributed by atoms with Gasteiger partial charge < -0.3 is 4.74 Å². The Morgan fingerprint density at radius 1 is 1.76 bits per heavy atom. The molecule has 17 heavy (non-hydrogen) atoms. The summed E-state index contributed by atoms with van der Waals surface area (Å²) in [5.74, 6) is -1.05. The van der Waals surface area contributed by atoms with E-state index in [1.165, 1.54) is 11.3 Å². The van der Waals surface area contributed by atoms with E-state index in [2.05, 4.69) is 4.98 Å². The van der Waals surface area contributed by atoms with Crippen molar-refractivity contribution >= 4 is 17.3 Å². The lowest BCUT2D eigenvalue weighted by atomic mass is 10.4. The van der Waals surface area contributed by atoms with Crippen molar-refractivity contribution in [3.05, 3.63) is 26.2 Å². The molecule has 1 aromatic heterocycles. The van der Waals surface area contributed by atoms with Gasteiger partial charge in [-0.2, -0.15) is 0 Å². The van der Waals surface area contributed by atoms with Gasteiger partial charge in [0, 0.05) is 16.7 Å². The summed E-state index contributed by atoms with van der Waals surface area (Å²) < 4.78 is 4.99. The largest absolute Gasteiger partial charge is 0.459 e. The average Bonchev–Trinajstić information content (AvgIpc) is 2.99. The highest BCUT2D eigenvalue weighted by molar-refractivity contribution is 7.09. The topological polar surface area (TPSA) is 82.3 Å². The van der Waals surface area contributed by atoms with Crippen LogP contribution in [0.5, 0.6) is 0 Å². The Kier molecular flexibility index (Phi) is 3.37. The van der Waals surface area contributed by atoms with Crippen LogP contribution in [0, 0.1) is 16.0 Å². The molecule has 0 radical (unpaired) electrons. The second-order valence-electron chi connectivity index (χ2n) is 3.89. The summed E-state index contributed by atoms with van der Waals surface area (Å²) in [6, 6.07) is -0.746. The van der Waals surface area contributed by atoms with Gasteiger partial charge >= 0.3 is 5.97 Å². The summed E-state index contributed by atoms with van der Waals surface area (Å²) in [5, 5.41) is 13.2. The molecule has 0 amide bonds. The van der Waals surface area contributed by atoms with Crippen molar-refractivity contribution in [1.29, 1.82) is 0 Å². The second kappa shape index (κ2) is 4.79. The van der Waals surface area contributed by atoms with E-state index in [0.717, 1.165) is 11.4 Å². The lowest BCUT2D eigenvalue weighted by molar-refractivity contribution is -0.497. The van der Waals surface area contributed by atoms with Crippen molar-refractivity contribution in [3.63, 3.8) is 0 Å². The summed E-state index contributed by atoms with van der Waals surface area (Å²) >= 11 is 1.52. The monoisotopic (exact) mass is 256 g/mol. The van der Waals surface area contributed by atoms with E-state index in [1.807, 2.05) is 12.3 Å². The van der Waals surface area contributed by atoms with E-state index in [1.54, 1.807) is 0 Å². The number of carbonyl (C=O) groups excluding carboxylic acids is 1. The van der Waals surface area contributed by atoms with Crippen LogP contribution in [-0.4, -0.2) is 21.9 Å². The number of aromatic nitrogens is 1. The van der Waals surface area contributed by atoms with Gasteiger partial charge in [-0.25, -0.2) is 4.98 Å². The lowest BCUT2D eigenvalue weighted by Gasteiger charge is -2.00. The predicted molar refractivity (Wildman–Crippen MR) is 60.2 cm³/mol. The highest BCUT2D eigenvalue weighted by Crippen LogP contribution is 2.34. The van der Waals surface area contributed by atoms with Crippen molar-refractivity contribution in [3.8, 4) is 0 Å². The van der Waals surface area contributed by atoms with Crippen LogP contribution in [-0.2, 0) is 22.6 Å². The summed E-state index contributed by atoms with van der Waals surface area (Å²) in [5.41, 5.74) is 0.707. The highest BCUT2D eigenvalue weighted by Gasteiger charge is 2.54. The van der Waals surface area contributed by atoms with Crippen LogP contribution in [0.3, 0.4) is 0 Å². The fourth-order valence-electron chi connectivity index (χ4n) is 1.50. The standard InChI is InChI=1S/C10H12N2O4S/c1-2-9-11-6(5-17-9)4-16-10(13)7-3-8(7)12(14)15/h5,7-8H,2-4H2,1H3/t7-,8-/m1/s1. The first-order chi connectivity index (χ1) is 8.11. The van der Waals surface area contributed by atoms with Crippen LogP contribution in [0.2, 0.25) is 0 Å². The number of nitro groups is 1. The van der Waals surface area contributed by atoms with Crippen LogP contribution in [0.4, 0.5) is 0 Å². The van der Waals surface area contributed by atoms with Crippen LogP contribution in [0.1, 0.15) is 24.0 Å². The van der Waals surface area contributed by atoms with E-state index >= 15 is 0 Å². The fraction of sp³-hybridized carbons (Fsp3) is 0.600. The fourth-order valence-corrected chi connectivity index (χ4v) is 2.23. The Balaban J connectivity index is 1.79. The zero-order chi connectivity index (χ0) is 12.4. The molecule has 6 nitrogen and oxygen atoms in total. The molecule has 0 unspecified atom stereocenters. The molecule has 2 atom stereocenters. The Morgan fingerprint density at radius 3 is 3.06 bits per heavy atom. The minimum Gasteiger partial charge on any atom is -0.459 e. The van der Waals surface area contributed by atoms with Crippen LogP contribution >= 0.6 is 11.3 Å². The molecule has 0 saturated heterocycles. The van der Waals surface area contributed by atoms with Gasteiger partial charge in [-0.15, -0.1) is 11.3 Å². The molecule has 0 spiro atoms. The average molecular weight is 256 g/mol. The number of hydrogen-bond donors (Lipinski definition) is 0. The van der Waals surface area contributed by atoms with Gasteiger partial charge in [0.1, 0.15) is 12.5 Å². The molecular formula is C10H12N2O4S. The molecular weight excluding hydrogens is 244 g/mol. The van der Waals surface area contributed by atoms with E-state index in [0.29, 0.717) is 12.1 Å². The molecule has 1 aliphatic rings. The lowest BCUT2D eigenvalue weighted by Crippen LogP contribution is -2.13. The van der Waals surface area contributed by atoms with Crippen molar-refractivity contribution < 1.29 is 14.5 Å². The summed E-state index contributed by atoms with van der Waals surface area (Å²) in [7, 11) is 0. The third-order valence-electron chi connectivity index (χ3n) is 2.59. The van der Waals surface area contributed by atoms with Crippen molar-refractivity contribution in [2.45, 2.75) is 32.4 Å². The maximum atomic E-state index is 11.4. The van der Waals surface area contributed by atoms with Crippen LogP contribution < -0.4 is 0 Å². The molecule has 92 valence electrons. The van der Waals surface area contributed by atoms with E-state index in [4.69, 9.17) is 4.74 Å². The van der Waals surface area contributed by atoms with E-state index in [9.17, 15) is 14.9 Å². The number of esters is 1. The first kappa shape index (κ1) is 12.0. The number of nitrogens with zero attached hydrogens (tertiary/aromatic N) is 2. The maximum Gasteiger partial charge on any atom is 0.316 e. The SMILES string of the molecule is CCc1nc(COC(=O)[C@@H]2C[C@H]2[N+](=O)[O-])cs1. The van der Waals surface area contributed by atoms with Crippen molar-refractivity contribution in [2.75, 3.05) is 0 Å². The first-order valence-electron chi connectivity index (χ1n) is 5.35. The molecule has 1 aromatic rings. The molecule has 0 N–H and O–H groups in total. The summed E-state index contributed by atoms with van der Waals surface area (Å²) in [6.45, 7) is 2.11. The normalized spacial score (nSPS) is 22.2. The molecule has 0 bridgehead atoms. The highest BCUT2D eigenvalue weighted by atomic mass is 32.1. The van der Waals surface area contributed by atoms with Gasteiger partial charge in [0.2, 0.25) is 6.04 Å². The summed E-state index contributed by atoms with van der Waals surface area (Å²) in [6.07, 6.45) is 1.15. The molecule has 0 aliphatic heterocycles. The molecule has 0 aromatic carbocycles. The van der Waals surface area contributed by atoms with Gasteiger partial charge in [-0.05, 0) is 6.42 Å². The van der Waals surface area contributed by atoms with Crippen molar-refractivity contribution in [1.82, 2.24) is 4.98 Å². The number of ether oxygens (including phenoxy) is 1. The number of carbonyl (C=O) groups is 1. The molecule has 2 rings (SSSR count). The van der Waals surface area contributed by atoms with Gasteiger partial charge in [-0.3, -0.25) is 14.9 Å². The quantitative estimate of drug-likeness (QED) is 0.452. The zero-order valence-electron chi connectivity index (χ0n) is 9.29. The second-order valence-corrected chi connectivity index (χ2v) is 4.83. The predicted octanol–water partition coefficient (Wildman–Crippen LogP) is 1.41. The maximum absolute atomic E-state index is 11.4. The van der Waals surface area contributed by atoms with Crippen LogP contribution in [0.15, 0.2) is 5.38 Å². The minimum atomic E-state index is -0.746. The summed E-state index contributed by atoms with van der Waals surface area (Å²) in [4.78, 5) is 25.6. The molecule has 1 heterocycles. The molecule has 1 fully saturated rings. The first-order valence-corrected chi connectivity index (χ1v) is 6.23. The zero-order valence-corrected chi connectivity index (χ0v) is 10.1. The van der Waals surface area contributed by atoms with Crippen molar-refractivity contribution in [2.24, 2.45) is 5.92 Å². The van der Waals surface area contributed by atoms with Gasteiger partial charge in [0.05, 0.1) is 10.7 Å². The van der Waals surface area contributed by atoms with Gasteiger partial charge in [0.25, 0.3) is 0 Å². The number of rotatable bonds is 5. The molecule has 1 saturated carbocycles. The molecule has 1 aliphatic carbocycles. The van der Waals surface area contributed by atoms with E-state index in [-0.39, 0.29) is 6.61 Å². The Hall–Kier alpha value is -1.50. The Bertz CT molecular complexity index is 445. The Morgan fingerprint density at radius 2 is 2.53 bits per heavy atom. The van der Waals surface area contributed by atoms with Crippen LogP contribution in [0.25, 0.3) is 0 Å². The third-order valence-corrected chi connectivity index (χ3v) is 3.64. The minimum absolute atomic E-state index is 0.107. The number of aryl methyl sites for hydroxylation is 1. The Labute approximate surface area is 102 Å². The van der Waals surface area contributed by atoms with E-state index < -0.39 is 22.9 Å². The third kappa shape index (κ3) is 2.79.